The molecule has 1 unspecified atom stereocenters. The average Bonchev–Trinajstić information content (AvgIpc) is 2.76. The molecule has 0 spiro atoms. The number of hydrogen-bond acceptors (Lipinski definition) is 6. The van der Waals surface area contributed by atoms with E-state index < -0.39 is 11.9 Å². The van der Waals surface area contributed by atoms with E-state index in [0.717, 1.165) is 5.69 Å². The Balaban J connectivity index is 2.17. The minimum absolute atomic E-state index is 0.0897. The van der Waals surface area contributed by atoms with Crippen LogP contribution in [0.3, 0.4) is 0 Å². The number of hydrogen-bond donors (Lipinski definition) is 3. The summed E-state index contributed by atoms with van der Waals surface area (Å²) >= 11 is 0. The Labute approximate surface area is 181 Å². The molecule has 0 fully saturated rings. The number of rotatable bonds is 11. The van der Waals surface area contributed by atoms with Crippen molar-refractivity contribution < 1.29 is 23.7 Å². The number of aliphatic hydroxyl groups excluding tert-OH is 1. The highest BCUT2D eigenvalue weighted by Gasteiger charge is 2.07. The smallest absolute Gasteiger partial charge is 0.288 e. The van der Waals surface area contributed by atoms with Crippen molar-refractivity contribution in [3.63, 3.8) is 0 Å². The second-order valence-electron chi connectivity index (χ2n) is 6.48. The highest BCUT2D eigenvalue weighted by Crippen LogP contribution is 2.19. The lowest BCUT2D eigenvalue weighted by atomic mass is 10.2. The summed E-state index contributed by atoms with van der Waals surface area (Å²) in [6.07, 6.45) is -0.609. The summed E-state index contributed by atoms with van der Waals surface area (Å²) in [7, 11) is 1.53. The van der Waals surface area contributed by atoms with E-state index in [1.54, 1.807) is 24.3 Å². The summed E-state index contributed by atoms with van der Waals surface area (Å²) in [4.78, 5) is 8.71. The lowest BCUT2D eigenvalue weighted by Crippen LogP contribution is -2.24. The molecule has 31 heavy (non-hydrogen) atoms. The number of nitrogens with one attached hydrogen (secondary N) is 1. The van der Waals surface area contributed by atoms with Crippen LogP contribution in [0, 0.1) is 5.82 Å². The van der Waals surface area contributed by atoms with E-state index >= 15 is 0 Å². The molecule has 8 nitrogen and oxygen atoms in total. The van der Waals surface area contributed by atoms with Crippen molar-refractivity contribution in [2.24, 2.45) is 15.7 Å². The molecule has 0 saturated carbocycles. The Bertz CT molecular complexity index is 859. The Kier molecular flexibility index (Phi) is 10.4. The molecule has 2 rings (SSSR count). The molecule has 0 aliphatic rings. The first-order chi connectivity index (χ1) is 15.0. The number of aliphatic hydroxyl groups is 1. The van der Waals surface area contributed by atoms with Gasteiger partial charge in [-0.05, 0) is 43.3 Å². The summed E-state index contributed by atoms with van der Waals surface area (Å²) in [6.45, 7) is 3.69. The Morgan fingerprint density at radius 2 is 1.97 bits per heavy atom. The molecule has 0 heterocycles. The molecule has 2 aromatic rings. The molecule has 1 atom stereocenters. The SMILES string of the molecule is CCOCCOC(N)=NC(=Nc1ccc(NCC(O)COC)cc1)c1cccc(F)c1. The Morgan fingerprint density at radius 3 is 2.65 bits per heavy atom. The first-order valence-electron chi connectivity index (χ1n) is 9.92. The number of anilines is 1. The first-order valence-corrected chi connectivity index (χ1v) is 9.92. The number of aliphatic imine (C=N–C) groups is 2. The largest absolute Gasteiger partial charge is 0.463 e. The molecule has 168 valence electrons. The van der Waals surface area contributed by atoms with Crippen molar-refractivity contribution in [1.82, 2.24) is 0 Å². The maximum absolute atomic E-state index is 13.7. The highest BCUT2D eigenvalue weighted by molar-refractivity contribution is 6.05. The van der Waals surface area contributed by atoms with E-state index in [1.807, 2.05) is 19.1 Å². The topological polar surface area (TPSA) is 111 Å². The third-order valence-corrected chi connectivity index (χ3v) is 3.98. The summed E-state index contributed by atoms with van der Waals surface area (Å²) in [6, 6.07) is 13.0. The molecule has 2 aromatic carbocycles. The third-order valence-electron chi connectivity index (χ3n) is 3.98. The van der Waals surface area contributed by atoms with Crippen LogP contribution in [0.25, 0.3) is 0 Å². The molecule has 0 radical (unpaired) electrons. The minimum Gasteiger partial charge on any atom is -0.463 e. The second kappa shape index (κ2) is 13.3. The number of amidine groups is 2. The molecule has 9 heteroatoms. The molecule has 0 amide bonds. The Hall–Kier alpha value is -3.01. The maximum atomic E-state index is 13.7. The lowest BCUT2D eigenvalue weighted by Gasteiger charge is -2.12. The fraction of sp³-hybridized carbons (Fsp3) is 0.364. The van der Waals surface area contributed by atoms with E-state index in [1.165, 1.54) is 19.2 Å². The summed E-state index contributed by atoms with van der Waals surface area (Å²) < 4.78 is 29.2. The van der Waals surface area contributed by atoms with Gasteiger partial charge < -0.3 is 30.4 Å². The van der Waals surface area contributed by atoms with E-state index in [2.05, 4.69) is 15.3 Å². The van der Waals surface area contributed by atoms with Gasteiger partial charge in [-0.1, -0.05) is 12.1 Å². The van der Waals surface area contributed by atoms with Crippen LogP contribution in [-0.4, -0.2) is 63.1 Å². The normalized spacial score (nSPS) is 13.2. The van der Waals surface area contributed by atoms with Gasteiger partial charge in [-0.25, -0.2) is 9.38 Å². The fourth-order valence-corrected chi connectivity index (χ4v) is 2.53. The van der Waals surface area contributed by atoms with Gasteiger partial charge in [0.15, 0.2) is 5.84 Å². The number of nitrogens with two attached hydrogens (primary N) is 1. The molecular weight excluding hydrogens is 403 g/mol. The molecule has 0 aliphatic carbocycles. The quantitative estimate of drug-likeness (QED) is 0.286. The zero-order valence-electron chi connectivity index (χ0n) is 17.8. The second-order valence-corrected chi connectivity index (χ2v) is 6.48. The standard InChI is InChI=1S/C22H29FN4O4/c1-3-30-11-12-31-22(24)27-21(16-5-4-6-17(23)13-16)26-19-9-7-18(8-10-19)25-14-20(28)15-29-2/h4-10,13,20,25,28H,3,11-12,14-15H2,1-2H3,(H2,24,26,27). The zero-order chi connectivity index (χ0) is 22.5. The average molecular weight is 432 g/mol. The van der Waals surface area contributed by atoms with Gasteiger partial charge in [0.25, 0.3) is 6.02 Å². The first kappa shape index (κ1) is 24.3. The number of methoxy groups -OCH3 is 1. The van der Waals surface area contributed by atoms with Crippen LogP contribution in [0.2, 0.25) is 0 Å². The number of ether oxygens (including phenoxy) is 3. The monoisotopic (exact) mass is 432 g/mol. The van der Waals surface area contributed by atoms with E-state index in [9.17, 15) is 9.50 Å². The summed E-state index contributed by atoms with van der Waals surface area (Å²) in [5, 5.41) is 12.8. The third kappa shape index (κ3) is 9.12. The zero-order valence-corrected chi connectivity index (χ0v) is 17.8. The van der Waals surface area contributed by atoms with Gasteiger partial charge in [-0.3, -0.25) is 0 Å². The van der Waals surface area contributed by atoms with Crippen LogP contribution in [0.4, 0.5) is 15.8 Å². The van der Waals surface area contributed by atoms with Crippen molar-refractivity contribution in [1.29, 1.82) is 0 Å². The van der Waals surface area contributed by atoms with Crippen LogP contribution in [0.1, 0.15) is 12.5 Å². The van der Waals surface area contributed by atoms with Gasteiger partial charge >= 0.3 is 0 Å². The maximum Gasteiger partial charge on any atom is 0.288 e. The van der Waals surface area contributed by atoms with E-state index in [0.29, 0.717) is 31.0 Å². The number of benzene rings is 2. The van der Waals surface area contributed by atoms with Gasteiger partial charge in [-0.15, -0.1) is 0 Å². The van der Waals surface area contributed by atoms with Gasteiger partial charge in [0.1, 0.15) is 12.4 Å². The molecule has 0 aliphatic heterocycles. The van der Waals surface area contributed by atoms with Gasteiger partial charge in [-0.2, -0.15) is 4.99 Å². The van der Waals surface area contributed by atoms with E-state index in [4.69, 9.17) is 19.9 Å². The van der Waals surface area contributed by atoms with Crippen molar-refractivity contribution in [3.05, 3.63) is 59.9 Å². The Morgan fingerprint density at radius 1 is 1.19 bits per heavy atom. The van der Waals surface area contributed by atoms with Crippen molar-refractivity contribution in [2.45, 2.75) is 13.0 Å². The molecule has 0 bridgehead atoms. The van der Waals surface area contributed by atoms with Crippen molar-refractivity contribution >= 4 is 23.2 Å². The summed E-state index contributed by atoms with van der Waals surface area (Å²) in [5.74, 6) is -0.199. The number of nitrogens with zero attached hydrogens (tertiary/aromatic N) is 2. The van der Waals surface area contributed by atoms with Gasteiger partial charge in [0.2, 0.25) is 0 Å². The van der Waals surface area contributed by atoms with Gasteiger partial charge in [0.05, 0.1) is 25.0 Å². The highest BCUT2D eigenvalue weighted by atomic mass is 19.1. The van der Waals surface area contributed by atoms with Crippen molar-refractivity contribution in [2.75, 3.05) is 45.4 Å². The molecular formula is C22H29FN4O4. The summed E-state index contributed by atoms with van der Waals surface area (Å²) in [5.41, 5.74) is 7.72. The van der Waals surface area contributed by atoms with E-state index in [-0.39, 0.29) is 25.1 Å². The van der Waals surface area contributed by atoms with Crippen LogP contribution < -0.4 is 11.1 Å². The van der Waals surface area contributed by atoms with Gasteiger partial charge in [0, 0.05) is 31.5 Å². The minimum atomic E-state index is -0.609. The predicted molar refractivity (Wildman–Crippen MR) is 119 cm³/mol. The molecule has 0 aromatic heterocycles. The molecule has 4 N–H and O–H groups in total. The number of halogens is 1. The lowest BCUT2D eigenvalue weighted by molar-refractivity contribution is 0.0727. The van der Waals surface area contributed by atoms with Crippen LogP contribution in [0.5, 0.6) is 0 Å². The predicted octanol–water partition coefficient (Wildman–Crippen LogP) is 2.69. The van der Waals surface area contributed by atoms with Crippen molar-refractivity contribution in [3.8, 4) is 0 Å². The van der Waals surface area contributed by atoms with Crippen LogP contribution in [-0.2, 0) is 14.2 Å². The molecule has 0 saturated heterocycles. The fourth-order valence-electron chi connectivity index (χ4n) is 2.53. The van der Waals surface area contributed by atoms with Crippen LogP contribution in [0.15, 0.2) is 58.5 Å². The van der Waals surface area contributed by atoms with Crippen LogP contribution >= 0.6 is 0 Å².